The topological polar surface area (TPSA) is 52.3 Å². The van der Waals surface area contributed by atoms with Gasteiger partial charge in [-0.3, -0.25) is 4.79 Å². The maximum atomic E-state index is 11.0. The fourth-order valence-corrected chi connectivity index (χ4v) is 1.58. The highest BCUT2D eigenvalue weighted by Gasteiger charge is 2.21. The van der Waals surface area contributed by atoms with E-state index in [-0.39, 0.29) is 5.78 Å². The van der Waals surface area contributed by atoms with Gasteiger partial charge in [0.2, 0.25) is 0 Å². The summed E-state index contributed by atoms with van der Waals surface area (Å²) in [5.74, 6) is 1.28. The molecule has 76 valence electrons. The number of carbonyl (C=O) groups excluding carboxylic acids is 1. The highest BCUT2D eigenvalue weighted by molar-refractivity contribution is 5.90. The zero-order valence-electron chi connectivity index (χ0n) is 8.16. The standard InChI is InChI=1S/C10H13NO3/c1-7(12)9-6-11-10(14-9)8-2-4-13-5-3-8/h6,8H,2-5H2,1H3. The second-order valence-electron chi connectivity index (χ2n) is 3.51. The molecule has 0 bridgehead atoms. The van der Waals surface area contributed by atoms with E-state index >= 15 is 0 Å². The van der Waals surface area contributed by atoms with Crippen LogP contribution in [0.5, 0.6) is 0 Å². The summed E-state index contributed by atoms with van der Waals surface area (Å²) in [6.45, 7) is 2.99. The molecule has 1 aromatic rings. The largest absolute Gasteiger partial charge is 0.437 e. The lowest BCUT2D eigenvalue weighted by Gasteiger charge is -2.18. The molecule has 2 heterocycles. The van der Waals surface area contributed by atoms with Gasteiger partial charge in [-0.1, -0.05) is 0 Å². The van der Waals surface area contributed by atoms with E-state index in [1.54, 1.807) is 0 Å². The van der Waals surface area contributed by atoms with Crippen LogP contribution in [0.4, 0.5) is 0 Å². The predicted molar refractivity (Wildman–Crippen MR) is 49.3 cm³/mol. The Morgan fingerprint density at radius 3 is 2.79 bits per heavy atom. The fourth-order valence-electron chi connectivity index (χ4n) is 1.58. The second kappa shape index (κ2) is 3.92. The van der Waals surface area contributed by atoms with Crippen molar-refractivity contribution >= 4 is 5.78 Å². The number of ether oxygens (including phenoxy) is 1. The van der Waals surface area contributed by atoms with Gasteiger partial charge in [-0.2, -0.15) is 0 Å². The number of carbonyl (C=O) groups is 1. The average molecular weight is 195 g/mol. The lowest BCUT2D eigenvalue weighted by atomic mass is 10.0. The van der Waals surface area contributed by atoms with Gasteiger partial charge in [0.15, 0.2) is 17.4 Å². The Bertz CT molecular complexity index is 326. The Labute approximate surface area is 82.3 Å². The molecule has 0 saturated carbocycles. The van der Waals surface area contributed by atoms with Crippen molar-refractivity contribution in [1.29, 1.82) is 0 Å². The van der Waals surface area contributed by atoms with Crippen molar-refractivity contribution < 1.29 is 13.9 Å². The van der Waals surface area contributed by atoms with Gasteiger partial charge >= 0.3 is 0 Å². The van der Waals surface area contributed by atoms with Gasteiger partial charge in [0, 0.05) is 26.1 Å². The summed E-state index contributed by atoms with van der Waals surface area (Å²) in [6, 6.07) is 0. The van der Waals surface area contributed by atoms with Crippen molar-refractivity contribution in [2.45, 2.75) is 25.7 Å². The first-order valence-corrected chi connectivity index (χ1v) is 4.82. The summed E-state index contributed by atoms with van der Waals surface area (Å²) in [4.78, 5) is 15.1. The third-order valence-corrected chi connectivity index (χ3v) is 2.44. The SMILES string of the molecule is CC(=O)c1cnc(C2CCOCC2)o1. The maximum Gasteiger partial charge on any atom is 0.198 e. The number of hydrogen-bond acceptors (Lipinski definition) is 4. The van der Waals surface area contributed by atoms with E-state index in [0.717, 1.165) is 26.1 Å². The van der Waals surface area contributed by atoms with Crippen LogP contribution in [-0.2, 0) is 4.74 Å². The highest BCUT2D eigenvalue weighted by Crippen LogP contribution is 2.26. The van der Waals surface area contributed by atoms with Crippen molar-refractivity contribution in [2.75, 3.05) is 13.2 Å². The summed E-state index contributed by atoms with van der Waals surface area (Å²) in [5, 5.41) is 0. The monoisotopic (exact) mass is 195 g/mol. The molecule has 0 unspecified atom stereocenters. The van der Waals surface area contributed by atoms with E-state index < -0.39 is 0 Å². The van der Waals surface area contributed by atoms with Gasteiger partial charge in [0.1, 0.15) is 0 Å². The van der Waals surface area contributed by atoms with Crippen LogP contribution >= 0.6 is 0 Å². The molecule has 14 heavy (non-hydrogen) atoms. The van der Waals surface area contributed by atoms with Gasteiger partial charge in [0.05, 0.1) is 6.20 Å². The van der Waals surface area contributed by atoms with Crippen molar-refractivity contribution in [1.82, 2.24) is 4.98 Å². The minimum Gasteiger partial charge on any atom is -0.437 e. The summed E-state index contributed by atoms with van der Waals surface area (Å²) < 4.78 is 10.6. The van der Waals surface area contributed by atoms with Crippen LogP contribution in [0.25, 0.3) is 0 Å². The van der Waals surface area contributed by atoms with Crippen molar-refractivity contribution in [3.05, 3.63) is 17.8 Å². The van der Waals surface area contributed by atoms with Crippen molar-refractivity contribution in [3.63, 3.8) is 0 Å². The molecule has 1 aromatic heterocycles. The van der Waals surface area contributed by atoms with Crippen molar-refractivity contribution in [2.24, 2.45) is 0 Å². The Kier molecular flexibility index (Phi) is 2.63. The molecule has 0 aliphatic carbocycles. The summed E-state index contributed by atoms with van der Waals surface area (Å²) in [7, 11) is 0. The second-order valence-corrected chi connectivity index (χ2v) is 3.51. The number of ketones is 1. The molecule has 0 N–H and O–H groups in total. The number of oxazole rings is 1. The molecule has 1 aliphatic heterocycles. The minimum atomic E-state index is -0.0733. The Balaban J connectivity index is 2.11. The predicted octanol–water partition coefficient (Wildman–Crippen LogP) is 1.77. The van der Waals surface area contributed by atoms with E-state index in [0.29, 0.717) is 17.6 Å². The van der Waals surface area contributed by atoms with Crippen LogP contribution < -0.4 is 0 Å². The number of Topliss-reactive ketones (excluding diaryl/α,β-unsaturated/α-hetero) is 1. The van der Waals surface area contributed by atoms with Gasteiger partial charge in [-0.05, 0) is 12.8 Å². The van der Waals surface area contributed by atoms with E-state index in [4.69, 9.17) is 9.15 Å². The van der Waals surface area contributed by atoms with E-state index in [1.807, 2.05) is 0 Å². The molecule has 0 atom stereocenters. The first kappa shape index (κ1) is 9.40. The van der Waals surface area contributed by atoms with E-state index in [2.05, 4.69) is 4.98 Å². The molecular weight excluding hydrogens is 182 g/mol. The maximum absolute atomic E-state index is 11.0. The quantitative estimate of drug-likeness (QED) is 0.675. The summed E-state index contributed by atoms with van der Waals surface area (Å²) >= 11 is 0. The first-order chi connectivity index (χ1) is 6.77. The lowest BCUT2D eigenvalue weighted by molar-refractivity contribution is 0.0786. The third-order valence-electron chi connectivity index (χ3n) is 2.44. The van der Waals surface area contributed by atoms with Gasteiger partial charge in [0.25, 0.3) is 0 Å². The van der Waals surface area contributed by atoms with Crippen molar-refractivity contribution in [3.8, 4) is 0 Å². The molecule has 2 rings (SSSR count). The molecule has 1 fully saturated rings. The van der Waals surface area contributed by atoms with Gasteiger partial charge in [-0.15, -0.1) is 0 Å². The molecule has 0 aromatic carbocycles. The fraction of sp³-hybridized carbons (Fsp3) is 0.600. The number of hydrogen-bond donors (Lipinski definition) is 0. The lowest BCUT2D eigenvalue weighted by Crippen LogP contribution is -2.14. The molecule has 0 amide bonds. The molecular formula is C10H13NO3. The minimum absolute atomic E-state index is 0.0733. The first-order valence-electron chi connectivity index (χ1n) is 4.82. The zero-order chi connectivity index (χ0) is 9.97. The smallest absolute Gasteiger partial charge is 0.198 e. The third kappa shape index (κ3) is 1.85. The van der Waals surface area contributed by atoms with Crippen LogP contribution in [0.2, 0.25) is 0 Å². The van der Waals surface area contributed by atoms with Crippen LogP contribution in [0.3, 0.4) is 0 Å². The molecule has 0 spiro atoms. The van der Waals surface area contributed by atoms with Crippen LogP contribution in [-0.4, -0.2) is 24.0 Å². The van der Waals surface area contributed by atoms with Crippen LogP contribution in [0.15, 0.2) is 10.6 Å². The molecule has 4 heteroatoms. The molecule has 0 radical (unpaired) electrons. The number of aromatic nitrogens is 1. The Hall–Kier alpha value is -1.16. The van der Waals surface area contributed by atoms with Gasteiger partial charge in [-0.25, -0.2) is 4.98 Å². The Morgan fingerprint density at radius 1 is 1.50 bits per heavy atom. The van der Waals surface area contributed by atoms with E-state index in [9.17, 15) is 4.79 Å². The van der Waals surface area contributed by atoms with Gasteiger partial charge < -0.3 is 9.15 Å². The molecule has 4 nitrogen and oxygen atoms in total. The molecule has 1 aliphatic rings. The van der Waals surface area contributed by atoms with E-state index in [1.165, 1.54) is 13.1 Å². The highest BCUT2D eigenvalue weighted by atomic mass is 16.5. The number of nitrogens with zero attached hydrogens (tertiary/aromatic N) is 1. The zero-order valence-corrected chi connectivity index (χ0v) is 8.16. The summed E-state index contributed by atoms with van der Waals surface area (Å²) in [5.41, 5.74) is 0. The van der Waals surface area contributed by atoms with Crippen LogP contribution in [0.1, 0.15) is 42.1 Å². The summed E-state index contributed by atoms with van der Waals surface area (Å²) in [6.07, 6.45) is 3.36. The normalized spacial score (nSPS) is 18.4. The number of rotatable bonds is 2. The average Bonchev–Trinajstić information content (AvgIpc) is 2.68. The molecule has 1 saturated heterocycles. The van der Waals surface area contributed by atoms with Crippen LogP contribution in [0, 0.1) is 0 Å². The Morgan fingerprint density at radius 2 is 2.21 bits per heavy atom.